The average molecular weight is 445 g/mol. The molecule has 172 valence electrons. The van der Waals surface area contributed by atoms with E-state index in [4.69, 9.17) is 9.15 Å². The number of rotatable bonds is 8. The second-order valence-corrected chi connectivity index (χ2v) is 9.42. The van der Waals surface area contributed by atoms with Crippen LogP contribution in [0.1, 0.15) is 30.4 Å². The van der Waals surface area contributed by atoms with Gasteiger partial charge in [0.2, 0.25) is 5.91 Å². The largest absolute Gasteiger partial charge is 0.496 e. The number of methoxy groups -OCH3 is 1. The summed E-state index contributed by atoms with van der Waals surface area (Å²) in [4.78, 5) is 15.3. The van der Waals surface area contributed by atoms with Crippen molar-refractivity contribution in [3.05, 3.63) is 78.1 Å². The number of piperidine rings is 1. The van der Waals surface area contributed by atoms with Crippen LogP contribution < -0.4 is 10.1 Å². The van der Waals surface area contributed by atoms with Gasteiger partial charge in [0.15, 0.2) is 0 Å². The molecule has 0 bridgehead atoms. The maximum absolute atomic E-state index is 12.8. The number of amides is 1. The van der Waals surface area contributed by atoms with E-state index in [0.717, 1.165) is 68.0 Å². The van der Waals surface area contributed by atoms with Gasteiger partial charge in [0.05, 0.1) is 13.4 Å². The van der Waals surface area contributed by atoms with Gasteiger partial charge in [0.25, 0.3) is 0 Å². The maximum atomic E-state index is 12.8. The third-order valence-electron chi connectivity index (χ3n) is 7.41. The third-order valence-corrected chi connectivity index (χ3v) is 7.41. The number of furan rings is 1. The van der Waals surface area contributed by atoms with E-state index in [1.54, 1.807) is 13.4 Å². The van der Waals surface area contributed by atoms with E-state index in [0.29, 0.717) is 6.54 Å². The monoisotopic (exact) mass is 444 g/mol. The zero-order chi connectivity index (χ0) is 22.7. The fourth-order valence-corrected chi connectivity index (χ4v) is 5.26. The number of hydrogen-bond donors (Lipinski definition) is 1. The van der Waals surface area contributed by atoms with Crippen LogP contribution in [0.3, 0.4) is 0 Å². The van der Waals surface area contributed by atoms with Gasteiger partial charge < -0.3 is 14.5 Å². The molecule has 1 saturated carbocycles. The Morgan fingerprint density at radius 3 is 2.61 bits per heavy atom. The lowest BCUT2D eigenvalue weighted by Gasteiger charge is -2.32. The molecule has 2 fully saturated rings. The summed E-state index contributed by atoms with van der Waals surface area (Å²) in [6.45, 7) is 3.74. The lowest BCUT2D eigenvalue weighted by Crippen LogP contribution is -2.37. The van der Waals surface area contributed by atoms with Crippen molar-refractivity contribution in [2.45, 2.75) is 32.2 Å². The molecule has 0 unspecified atom stereocenters. The van der Waals surface area contributed by atoms with Crippen LogP contribution in [0.4, 0.5) is 0 Å². The van der Waals surface area contributed by atoms with Crippen LogP contribution in [0.5, 0.6) is 5.75 Å². The van der Waals surface area contributed by atoms with Crippen LogP contribution in [0.15, 0.2) is 71.3 Å². The molecule has 1 saturated heterocycles. The van der Waals surface area contributed by atoms with Gasteiger partial charge in [-0.15, -0.1) is 0 Å². The molecule has 1 aromatic heterocycles. The highest BCUT2D eigenvalue weighted by atomic mass is 16.5. The zero-order valence-corrected chi connectivity index (χ0v) is 19.3. The molecule has 2 aromatic carbocycles. The fourth-order valence-electron chi connectivity index (χ4n) is 5.26. The van der Waals surface area contributed by atoms with E-state index >= 15 is 0 Å². The first kappa shape index (κ1) is 21.8. The van der Waals surface area contributed by atoms with E-state index in [2.05, 4.69) is 40.5 Å². The molecule has 1 amide bonds. The zero-order valence-electron chi connectivity index (χ0n) is 19.3. The lowest BCUT2D eigenvalue weighted by molar-refractivity contribution is -0.123. The van der Waals surface area contributed by atoms with Gasteiger partial charge in [-0.05, 0) is 73.5 Å². The number of hydrogen-bond acceptors (Lipinski definition) is 4. The summed E-state index contributed by atoms with van der Waals surface area (Å²) < 4.78 is 10.9. The van der Waals surface area contributed by atoms with Crippen molar-refractivity contribution < 1.29 is 13.9 Å². The molecule has 2 heterocycles. The number of carbonyl (C=O) groups is 1. The molecule has 1 N–H and O–H groups in total. The Labute approximate surface area is 195 Å². The van der Waals surface area contributed by atoms with Gasteiger partial charge in [-0.3, -0.25) is 9.69 Å². The number of carbonyl (C=O) groups excluding carboxylic acids is 1. The van der Waals surface area contributed by atoms with Crippen molar-refractivity contribution in [1.82, 2.24) is 10.2 Å². The molecule has 1 aliphatic heterocycles. The molecule has 5 nitrogen and oxygen atoms in total. The number of likely N-dealkylation sites (tertiary alicyclic amines) is 1. The van der Waals surface area contributed by atoms with Crippen molar-refractivity contribution in [2.75, 3.05) is 26.7 Å². The van der Waals surface area contributed by atoms with Crippen LogP contribution >= 0.6 is 0 Å². The Morgan fingerprint density at radius 1 is 1.09 bits per heavy atom. The standard InChI is InChI=1S/C28H32N2O3/c1-32-25-6-3-2-5-22(25)12-15-29-27(31)24-19-28(24)13-16-30(17-14-28)20-21-8-10-23(11-9-21)26-7-4-18-33-26/h2-11,18,24H,12-17,19-20H2,1H3,(H,29,31)/t24-/m1/s1. The van der Waals surface area contributed by atoms with E-state index < -0.39 is 0 Å². The lowest BCUT2D eigenvalue weighted by atomic mass is 9.90. The van der Waals surface area contributed by atoms with Crippen molar-refractivity contribution in [3.8, 4) is 17.1 Å². The van der Waals surface area contributed by atoms with Crippen LogP contribution in [-0.2, 0) is 17.8 Å². The molecule has 1 atom stereocenters. The molecule has 0 radical (unpaired) electrons. The van der Waals surface area contributed by atoms with Gasteiger partial charge in [-0.1, -0.05) is 42.5 Å². The first-order valence-corrected chi connectivity index (χ1v) is 11.9. The number of para-hydroxylation sites is 1. The molecule has 5 rings (SSSR count). The summed E-state index contributed by atoms with van der Waals surface area (Å²) in [5.41, 5.74) is 3.80. The van der Waals surface area contributed by atoms with Crippen molar-refractivity contribution >= 4 is 5.91 Å². The Bertz CT molecular complexity index is 1070. The second-order valence-electron chi connectivity index (χ2n) is 9.42. The first-order valence-electron chi connectivity index (χ1n) is 11.9. The molecule has 1 spiro atoms. The Hall–Kier alpha value is -3.05. The average Bonchev–Trinajstić information content (AvgIpc) is 3.26. The van der Waals surface area contributed by atoms with Gasteiger partial charge >= 0.3 is 0 Å². The van der Waals surface area contributed by atoms with E-state index in [1.807, 2.05) is 30.3 Å². The minimum absolute atomic E-state index is 0.185. The highest BCUT2D eigenvalue weighted by Crippen LogP contribution is 2.59. The minimum atomic E-state index is 0.185. The predicted octanol–water partition coefficient (Wildman–Crippen LogP) is 4.92. The summed E-state index contributed by atoms with van der Waals surface area (Å²) in [7, 11) is 1.69. The molecule has 2 aliphatic rings. The summed E-state index contributed by atoms with van der Waals surface area (Å²) in [6, 6.07) is 20.6. The highest BCUT2D eigenvalue weighted by molar-refractivity contribution is 5.82. The fraction of sp³-hybridized carbons (Fsp3) is 0.393. The quantitative estimate of drug-likeness (QED) is 0.536. The number of nitrogens with one attached hydrogen (secondary N) is 1. The van der Waals surface area contributed by atoms with Crippen molar-refractivity contribution in [3.63, 3.8) is 0 Å². The van der Waals surface area contributed by atoms with Gasteiger partial charge in [-0.2, -0.15) is 0 Å². The van der Waals surface area contributed by atoms with Gasteiger partial charge in [0, 0.05) is 24.6 Å². The normalized spacial score (nSPS) is 19.4. The van der Waals surface area contributed by atoms with Crippen LogP contribution in [0, 0.1) is 11.3 Å². The van der Waals surface area contributed by atoms with Gasteiger partial charge in [0.1, 0.15) is 11.5 Å². The molecular formula is C28H32N2O3. The molecule has 5 heteroatoms. The van der Waals surface area contributed by atoms with Crippen LogP contribution in [-0.4, -0.2) is 37.6 Å². The first-order chi connectivity index (χ1) is 16.2. The van der Waals surface area contributed by atoms with Crippen molar-refractivity contribution in [1.29, 1.82) is 0 Å². The number of ether oxygens (including phenoxy) is 1. The van der Waals surface area contributed by atoms with Crippen LogP contribution in [0.2, 0.25) is 0 Å². The second kappa shape index (κ2) is 9.44. The SMILES string of the molecule is COc1ccccc1CCNC(=O)[C@H]1CC12CCN(Cc1ccc(-c3ccco3)cc1)CC2. The summed E-state index contributed by atoms with van der Waals surface area (Å²) >= 11 is 0. The maximum Gasteiger partial charge on any atom is 0.223 e. The van der Waals surface area contributed by atoms with Crippen LogP contribution in [0.25, 0.3) is 11.3 Å². The summed E-state index contributed by atoms with van der Waals surface area (Å²) in [5, 5.41) is 3.17. The van der Waals surface area contributed by atoms with E-state index in [9.17, 15) is 4.79 Å². The molecule has 3 aromatic rings. The molecule has 1 aliphatic carbocycles. The van der Waals surface area contributed by atoms with E-state index in [-0.39, 0.29) is 17.2 Å². The predicted molar refractivity (Wildman–Crippen MR) is 129 cm³/mol. The highest BCUT2D eigenvalue weighted by Gasteiger charge is 2.58. The van der Waals surface area contributed by atoms with Crippen molar-refractivity contribution in [2.24, 2.45) is 11.3 Å². The Balaban J connectivity index is 1.06. The third kappa shape index (κ3) is 4.83. The van der Waals surface area contributed by atoms with E-state index in [1.165, 1.54) is 5.56 Å². The topological polar surface area (TPSA) is 54.7 Å². The summed E-state index contributed by atoms with van der Waals surface area (Å²) in [5.74, 6) is 2.21. The summed E-state index contributed by atoms with van der Waals surface area (Å²) in [6.07, 6.45) is 5.77. The molecular weight excluding hydrogens is 412 g/mol. The minimum Gasteiger partial charge on any atom is -0.496 e. The number of nitrogens with zero attached hydrogens (tertiary/aromatic N) is 1. The Morgan fingerprint density at radius 2 is 1.88 bits per heavy atom. The Kier molecular flexibility index (Phi) is 6.23. The molecule has 33 heavy (non-hydrogen) atoms. The van der Waals surface area contributed by atoms with Gasteiger partial charge in [-0.25, -0.2) is 0 Å². The number of benzene rings is 2. The smallest absolute Gasteiger partial charge is 0.223 e.